The average molecular weight is 366 g/mol. The Balaban J connectivity index is 2.77. The lowest BCUT2D eigenvalue weighted by molar-refractivity contribution is -0.123. The predicted molar refractivity (Wildman–Crippen MR) is 86.1 cm³/mol. The largest absolute Gasteiger partial charge is 0.394 e. The molecule has 1 unspecified atom stereocenters. The van der Waals surface area contributed by atoms with Gasteiger partial charge in [0.15, 0.2) is 15.3 Å². The fraction of sp³-hybridized carbons (Fsp3) is 0.692. The van der Waals surface area contributed by atoms with E-state index in [2.05, 4.69) is 4.98 Å². The second kappa shape index (κ2) is 12.3. The molecule has 11 heteroatoms. The van der Waals surface area contributed by atoms with Crippen molar-refractivity contribution in [3.8, 4) is 0 Å². The van der Waals surface area contributed by atoms with Crippen molar-refractivity contribution in [3.05, 3.63) is 33.1 Å². The Bertz CT molecular complexity index is 563. The number of aliphatic hydroxyl groups is 1. The lowest BCUT2D eigenvalue weighted by atomic mass is 10.4. The number of H-pyrrole nitrogens is 1. The summed E-state index contributed by atoms with van der Waals surface area (Å²) in [5.41, 5.74) is -1.20. The number of ether oxygens (including phenoxy) is 3. The number of aromatic amines is 1. The van der Waals surface area contributed by atoms with Gasteiger partial charge < -0.3 is 28.7 Å². The van der Waals surface area contributed by atoms with Crippen LogP contribution in [0.5, 0.6) is 0 Å². The van der Waals surface area contributed by atoms with E-state index >= 15 is 0 Å². The molecule has 0 saturated heterocycles. The minimum absolute atomic E-state index is 0.00304. The van der Waals surface area contributed by atoms with Crippen molar-refractivity contribution in [2.24, 2.45) is 0 Å². The van der Waals surface area contributed by atoms with Gasteiger partial charge in [-0.15, -0.1) is 0 Å². The number of aromatic nitrogens is 2. The standard InChI is InChI=1S/C13H23N2O8P/c1-2-20-5-6-21-9-12(23-10(7-16)8-22-24-19)15-4-3-11(17)14-13(15)18/h3-4,10,12,16,19,24H,2,5-9H2,1H3,(H,14,17,18)/t10-,12-/m1/s1. The minimum atomic E-state index is -0.890. The van der Waals surface area contributed by atoms with Crippen LogP contribution in [0.15, 0.2) is 21.9 Å². The van der Waals surface area contributed by atoms with Gasteiger partial charge in [-0.25, -0.2) is 4.79 Å². The Labute approximate surface area is 140 Å². The molecule has 1 aromatic rings. The highest BCUT2D eigenvalue weighted by atomic mass is 31.1. The second-order valence-corrected chi connectivity index (χ2v) is 5.06. The summed E-state index contributed by atoms with van der Waals surface area (Å²) in [5.74, 6) is 0. The van der Waals surface area contributed by atoms with Crippen molar-refractivity contribution in [3.63, 3.8) is 0 Å². The van der Waals surface area contributed by atoms with Gasteiger partial charge in [-0.1, -0.05) is 0 Å². The number of rotatable bonds is 13. The molecule has 24 heavy (non-hydrogen) atoms. The Morgan fingerprint density at radius 2 is 2.04 bits per heavy atom. The molecule has 0 aromatic carbocycles. The zero-order chi connectivity index (χ0) is 17.8. The predicted octanol–water partition coefficient (Wildman–Crippen LogP) is -1.02. The molecule has 0 amide bonds. The highest BCUT2D eigenvalue weighted by Crippen LogP contribution is 2.13. The van der Waals surface area contributed by atoms with Gasteiger partial charge in [0.25, 0.3) is 5.56 Å². The summed E-state index contributed by atoms with van der Waals surface area (Å²) in [6.45, 7) is 2.67. The van der Waals surface area contributed by atoms with Gasteiger partial charge in [-0.3, -0.25) is 14.3 Å². The molecule has 0 bridgehead atoms. The maximum Gasteiger partial charge on any atom is 0.330 e. The van der Waals surface area contributed by atoms with Crippen molar-refractivity contribution < 1.29 is 28.7 Å². The quantitative estimate of drug-likeness (QED) is 0.299. The van der Waals surface area contributed by atoms with E-state index in [9.17, 15) is 14.7 Å². The van der Waals surface area contributed by atoms with Crippen LogP contribution in [0.2, 0.25) is 0 Å². The lowest BCUT2D eigenvalue weighted by Crippen LogP contribution is -2.37. The summed E-state index contributed by atoms with van der Waals surface area (Å²) in [4.78, 5) is 33.9. The average Bonchev–Trinajstić information content (AvgIpc) is 2.57. The summed E-state index contributed by atoms with van der Waals surface area (Å²) in [7, 11) is -0.742. The van der Waals surface area contributed by atoms with E-state index in [1.807, 2.05) is 6.92 Å². The number of hydrogen-bond acceptors (Lipinski definition) is 8. The SMILES string of the molecule is CCOCCOC[C@@H](O[C@H](CO)COPO)n1ccc(=O)[nH]c1=O. The molecule has 0 aliphatic rings. The van der Waals surface area contributed by atoms with E-state index in [0.717, 1.165) is 4.57 Å². The summed E-state index contributed by atoms with van der Waals surface area (Å²) in [5, 5.41) is 9.31. The molecule has 0 aliphatic carbocycles. The first-order valence-corrected chi connectivity index (χ1v) is 8.22. The normalized spacial score (nSPS) is 14.3. The molecule has 0 aliphatic heterocycles. The van der Waals surface area contributed by atoms with Gasteiger partial charge in [0.05, 0.1) is 33.0 Å². The molecule has 3 atom stereocenters. The van der Waals surface area contributed by atoms with Crippen molar-refractivity contribution in [1.82, 2.24) is 9.55 Å². The molecule has 10 nitrogen and oxygen atoms in total. The molecule has 0 radical (unpaired) electrons. The third-order valence-electron chi connectivity index (χ3n) is 2.88. The van der Waals surface area contributed by atoms with Crippen LogP contribution < -0.4 is 11.2 Å². The van der Waals surface area contributed by atoms with Crippen LogP contribution in [0, 0.1) is 0 Å². The highest BCUT2D eigenvalue weighted by Gasteiger charge is 2.20. The molecule has 138 valence electrons. The summed E-state index contributed by atoms with van der Waals surface area (Å²) in [6.07, 6.45) is -0.386. The van der Waals surface area contributed by atoms with Crippen LogP contribution in [-0.4, -0.2) is 65.3 Å². The zero-order valence-electron chi connectivity index (χ0n) is 13.3. The van der Waals surface area contributed by atoms with E-state index in [1.165, 1.54) is 12.3 Å². The topological polar surface area (TPSA) is 132 Å². The van der Waals surface area contributed by atoms with Crippen LogP contribution in [-0.2, 0) is 18.7 Å². The fourth-order valence-corrected chi connectivity index (χ4v) is 2.03. The molecule has 0 saturated carbocycles. The van der Waals surface area contributed by atoms with E-state index in [0.29, 0.717) is 19.8 Å². The smallest absolute Gasteiger partial charge is 0.330 e. The Morgan fingerprint density at radius 3 is 2.67 bits per heavy atom. The van der Waals surface area contributed by atoms with Gasteiger partial charge in [-0.2, -0.15) is 0 Å². The molecular formula is C13H23N2O8P. The Morgan fingerprint density at radius 1 is 1.29 bits per heavy atom. The van der Waals surface area contributed by atoms with Gasteiger partial charge in [0.2, 0.25) is 0 Å². The van der Waals surface area contributed by atoms with E-state index in [-0.39, 0.29) is 19.8 Å². The van der Waals surface area contributed by atoms with E-state index in [1.54, 1.807) is 0 Å². The molecule has 1 rings (SSSR count). The molecule has 0 fully saturated rings. The number of nitrogens with zero attached hydrogens (tertiary/aromatic N) is 1. The van der Waals surface area contributed by atoms with Crippen LogP contribution in [0.25, 0.3) is 0 Å². The summed E-state index contributed by atoms with van der Waals surface area (Å²) in [6, 6.07) is 1.18. The molecule has 0 spiro atoms. The van der Waals surface area contributed by atoms with Gasteiger partial charge >= 0.3 is 5.69 Å². The monoisotopic (exact) mass is 366 g/mol. The van der Waals surface area contributed by atoms with Crippen LogP contribution >= 0.6 is 9.03 Å². The molecular weight excluding hydrogens is 343 g/mol. The summed E-state index contributed by atoms with van der Waals surface area (Å²) >= 11 is 0. The maximum atomic E-state index is 11.9. The third-order valence-corrected chi connectivity index (χ3v) is 3.18. The zero-order valence-corrected chi connectivity index (χ0v) is 14.3. The van der Waals surface area contributed by atoms with Crippen LogP contribution in [0.4, 0.5) is 0 Å². The maximum absolute atomic E-state index is 11.9. The number of aliphatic hydroxyl groups excluding tert-OH is 1. The highest BCUT2D eigenvalue weighted by molar-refractivity contribution is 7.24. The van der Waals surface area contributed by atoms with E-state index in [4.69, 9.17) is 23.6 Å². The van der Waals surface area contributed by atoms with Gasteiger partial charge in [-0.05, 0) is 6.92 Å². The molecule has 1 heterocycles. The van der Waals surface area contributed by atoms with Crippen molar-refractivity contribution in [1.29, 1.82) is 0 Å². The first kappa shape index (κ1) is 20.9. The van der Waals surface area contributed by atoms with Crippen LogP contribution in [0.3, 0.4) is 0 Å². The summed E-state index contributed by atoms with van der Waals surface area (Å²) < 4.78 is 22.1. The third kappa shape index (κ3) is 7.63. The van der Waals surface area contributed by atoms with Crippen molar-refractivity contribution in [2.45, 2.75) is 19.3 Å². The van der Waals surface area contributed by atoms with Gasteiger partial charge in [0.1, 0.15) is 6.10 Å². The van der Waals surface area contributed by atoms with E-state index < -0.39 is 32.6 Å². The lowest BCUT2D eigenvalue weighted by Gasteiger charge is -2.24. The Kier molecular flexibility index (Phi) is 10.7. The Hall–Kier alpha value is -1.13. The minimum Gasteiger partial charge on any atom is -0.394 e. The van der Waals surface area contributed by atoms with Crippen LogP contribution in [0.1, 0.15) is 13.2 Å². The number of hydrogen-bond donors (Lipinski definition) is 3. The first-order valence-electron chi connectivity index (χ1n) is 7.36. The molecule has 3 N–H and O–H groups in total. The molecule has 1 aromatic heterocycles. The van der Waals surface area contributed by atoms with Crippen molar-refractivity contribution in [2.75, 3.05) is 39.6 Å². The van der Waals surface area contributed by atoms with Gasteiger partial charge in [0, 0.05) is 18.9 Å². The second-order valence-electron chi connectivity index (χ2n) is 4.59. The van der Waals surface area contributed by atoms with Crippen molar-refractivity contribution >= 4 is 9.03 Å². The fourth-order valence-electron chi connectivity index (χ4n) is 1.77. The first-order chi connectivity index (χ1) is 11.6. The number of nitrogens with one attached hydrogen (secondary N) is 1.